The molecule has 0 bridgehead atoms. The molecule has 0 saturated carbocycles. The quantitative estimate of drug-likeness (QED) is 0.631. The standard InChI is InChI=1S/C17H20N2O3/c1-20-15-9-14(10-16(21-2)17(15)22-3)12-19-18-11-13-7-5-4-6-8-13/h4-10,12,18H,11H2,1-3H3/b19-12-. The average Bonchev–Trinajstić information content (AvgIpc) is 2.58. The summed E-state index contributed by atoms with van der Waals surface area (Å²) in [6.45, 7) is 0.668. The van der Waals surface area contributed by atoms with Gasteiger partial charge in [-0.3, -0.25) is 0 Å². The number of ether oxygens (including phenoxy) is 3. The number of rotatable bonds is 7. The Kier molecular flexibility index (Phi) is 5.65. The molecule has 0 amide bonds. The highest BCUT2D eigenvalue weighted by atomic mass is 16.5. The number of methoxy groups -OCH3 is 3. The van der Waals surface area contributed by atoms with Crippen LogP contribution in [-0.4, -0.2) is 27.5 Å². The fourth-order valence-electron chi connectivity index (χ4n) is 2.03. The van der Waals surface area contributed by atoms with E-state index in [4.69, 9.17) is 14.2 Å². The number of hydrogen-bond donors (Lipinski definition) is 1. The summed E-state index contributed by atoms with van der Waals surface area (Å²) in [7, 11) is 4.76. The van der Waals surface area contributed by atoms with Gasteiger partial charge in [-0.1, -0.05) is 30.3 Å². The average molecular weight is 300 g/mol. The van der Waals surface area contributed by atoms with Gasteiger partial charge in [0.05, 0.1) is 34.1 Å². The fraction of sp³-hybridized carbons (Fsp3) is 0.235. The molecule has 0 atom stereocenters. The van der Waals surface area contributed by atoms with Crippen molar-refractivity contribution in [1.82, 2.24) is 5.43 Å². The number of hydrazone groups is 1. The van der Waals surface area contributed by atoms with Crippen LogP contribution in [0.5, 0.6) is 17.2 Å². The maximum absolute atomic E-state index is 5.31. The topological polar surface area (TPSA) is 52.1 Å². The zero-order valence-electron chi connectivity index (χ0n) is 13.0. The van der Waals surface area contributed by atoms with Crippen molar-refractivity contribution in [2.75, 3.05) is 21.3 Å². The van der Waals surface area contributed by atoms with Gasteiger partial charge in [0.15, 0.2) is 11.5 Å². The van der Waals surface area contributed by atoms with Crippen LogP contribution in [0.25, 0.3) is 0 Å². The van der Waals surface area contributed by atoms with Crippen LogP contribution in [0.3, 0.4) is 0 Å². The van der Waals surface area contributed by atoms with Crippen LogP contribution >= 0.6 is 0 Å². The number of nitrogens with one attached hydrogen (secondary N) is 1. The Morgan fingerprint density at radius 3 is 2.14 bits per heavy atom. The summed E-state index contributed by atoms with van der Waals surface area (Å²) in [5.74, 6) is 1.78. The van der Waals surface area contributed by atoms with Gasteiger partial charge in [-0.15, -0.1) is 0 Å². The molecule has 2 aromatic carbocycles. The van der Waals surface area contributed by atoms with E-state index in [1.165, 1.54) is 5.56 Å². The van der Waals surface area contributed by atoms with Crippen LogP contribution in [-0.2, 0) is 6.54 Å². The van der Waals surface area contributed by atoms with Gasteiger partial charge in [0.25, 0.3) is 0 Å². The summed E-state index contributed by atoms with van der Waals surface area (Å²) >= 11 is 0. The maximum atomic E-state index is 5.31. The SMILES string of the molecule is COc1cc(/C=N\NCc2ccccc2)cc(OC)c1OC. The first-order valence-corrected chi connectivity index (χ1v) is 6.88. The van der Waals surface area contributed by atoms with Crippen LogP contribution in [0.1, 0.15) is 11.1 Å². The Morgan fingerprint density at radius 2 is 1.59 bits per heavy atom. The molecule has 22 heavy (non-hydrogen) atoms. The number of hydrogen-bond acceptors (Lipinski definition) is 5. The van der Waals surface area contributed by atoms with E-state index in [1.54, 1.807) is 27.5 Å². The molecule has 0 spiro atoms. The number of benzene rings is 2. The Balaban J connectivity index is 2.07. The lowest BCUT2D eigenvalue weighted by molar-refractivity contribution is 0.324. The minimum Gasteiger partial charge on any atom is -0.493 e. The summed E-state index contributed by atoms with van der Waals surface area (Å²) in [6.07, 6.45) is 1.72. The molecule has 0 heterocycles. The van der Waals surface area contributed by atoms with Gasteiger partial charge in [0, 0.05) is 5.56 Å². The van der Waals surface area contributed by atoms with Gasteiger partial charge in [-0.25, -0.2) is 0 Å². The molecule has 2 aromatic rings. The Hall–Kier alpha value is -2.69. The van der Waals surface area contributed by atoms with E-state index in [0.29, 0.717) is 23.8 Å². The molecule has 0 saturated heterocycles. The van der Waals surface area contributed by atoms with Crippen molar-refractivity contribution in [2.24, 2.45) is 5.10 Å². The molecule has 0 aliphatic heterocycles. The molecular weight excluding hydrogens is 280 g/mol. The summed E-state index contributed by atoms with van der Waals surface area (Å²) in [6, 6.07) is 13.8. The Morgan fingerprint density at radius 1 is 0.955 bits per heavy atom. The lowest BCUT2D eigenvalue weighted by Crippen LogP contribution is -2.05. The van der Waals surface area contributed by atoms with Crippen LogP contribution < -0.4 is 19.6 Å². The van der Waals surface area contributed by atoms with E-state index in [-0.39, 0.29) is 0 Å². The predicted molar refractivity (Wildman–Crippen MR) is 87.0 cm³/mol. The zero-order chi connectivity index (χ0) is 15.8. The normalized spacial score (nSPS) is 10.5. The molecule has 5 heteroatoms. The maximum Gasteiger partial charge on any atom is 0.203 e. The fourth-order valence-corrected chi connectivity index (χ4v) is 2.03. The second-order valence-corrected chi connectivity index (χ2v) is 4.54. The van der Waals surface area contributed by atoms with Crippen molar-refractivity contribution in [3.05, 3.63) is 53.6 Å². The molecule has 0 aliphatic carbocycles. The predicted octanol–water partition coefficient (Wildman–Crippen LogP) is 2.84. The van der Waals surface area contributed by atoms with E-state index in [0.717, 1.165) is 5.56 Å². The van der Waals surface area contributed by atoms with Crippen LogP contribution in [0.4, 0.5) is 0 Å². The van der Waals surface area contributed by atoms with Gasteiger partial charge >= 0.3 is 0 Å². The van der Waals surface area contributed by atoms with Crippen molar-refractivity contribution in [3.63, 3.8) is 0 Å². The molecule has 1 N–H and O–H groups in total. The first kappa shape index (κ1) is 15.7. The van der Waals surface area contributed by atoms with Crippen molar-refractivity contribution >= 4 is 6.21 Å². The zero-order valence-corrected chi connectivity index (χ0v) is 13.0. The van der Waals surface area contributed by atoms with Crippen LogP contribution in [0.2, 0.25) is 0 Å². The molecule has 2 rings (SSSR count). The van der Waals surface area contributed by atoms with E-state index < -0.39 is 0 Å². The van der Waals surface area contributed by atoms with Crippen molar-refractivity contribution in [1.29, 1.82) is 0 Å². The molecule has 0 unspecified atom stereocenters. The second kappa shape index (κ2) is 7.93. The largest absolute Gasteiger partial charge is 0.493 e. The molecule has 0 aliphatic rings. The molecule has 5 nitrogen and oxygen atoms in total. The minimum atomic E-state index is 0.569. The molecule has 0 aromatic heterocycles. The van der Waals surface area contributed by atoms with Gasteiger partial charge in [0.2, 0.25) is 5.75 Å². The highest BCUT2D eigenvalue weighted by Crippen LogP contribution is 2.37. The molecule has 0 radical (unpaired) electrons. The minimum absolute atomic E-state index is 0.569. The first-order chi connectivity index (χ1) is 10.8. The van der Waals surface area contributed by atoms with E-state index >= 15 is 0 Å². The number of nitrogens with zero attached hydrogens (tertiary/aromatic N) is 1. The highest BCUT2D eigenvalue weighted by molar-refractivity contribution is 5.82. The van der Waals surface area contributed by atoms with Crippen LogP contribution in [0.15, 0.2) is 47.6 Å². The summed E-state index contributed by atoms with van der Waals surface area (Å²) in [5, 5.41) is 4.22. The second-order valence-electron chi connectivity index (χ2n) is 4.54. The van der Waals surface area contributed by atoms with Gasteiger partial charge < -0.3 is 19.6 Å². The van der Waals surface area contributed by atoms with Crippen LogP contribution in [0, 0.1) is 0 Å². The van der Waals surface area contributed by atoms with E-state index in [9.17, 15) is 0 Å². The Bertz CT molecular complexity index is 602. The third-order valence-corrected chi connectivity index (χ3v) is 3.12. The van der Waals surface area contributed by atoms with Crippen molar-refractivity contribution < 1.29 is 14.2 Å². The smallest absolute Gasteiger partial charge is 0.203 e. The summed E-state index contributed by atoms with van der Waals surface area (Å²) in [5.41, 5.74) is 5.04. The highest BCUT2D eigenvalue weighted by Gasteiger charge is 2.12. The molecule has 0 fully saturated rings. The monoisotopic (exact) mass is 300 g/mol. The van der Waals surface area contributed by atoms with Gasteiger partial charge in [-0.2, -0.15) is 5.10 Å². The van der Waals surface area contributed by atoms with E-state index in [2.05, 4.69) is 10.5 Å². The lowest BCUT2D eigenvalue weighted by Gasteiger charge is -2.12. The first-order valence-electron chi connectivity index (χ1n) is 6.88. The molecule has 116 valence electrons. The van der Waals surface area contributed by atoms with Gasteiger partial charge in [-0.05, 0) is 17.7 Å². The third kappa shape index (κ3) is 3.91. The van der Waals surface area contributed by atoms with Gasteiger partial charge in [0.1, 0.15) is 0 Å². The lowest BCUT2D eigenvalue weighted by atomic mass is 10.2. The molecular formula is C17H20N2O3. The third-order valence-electron chi connectivity index (χ3n) is 3.12. The summed E-state index contributed by atoms with van der Waals surface area (Å²) in [4.78, 5) is 0. The van der Waals surface area contributed by atoms with Crippen molar-refractivity contribution in [2.45, 2.75) is 6.54 Å². The van der Waals surface area contributed by atoms with Crippen molar-refractivity contribution in [3.8, 4) is 17.2 Å². The summed E-state index contributed by atoms with van der Waals surface area (Å²) < 4.78 is 15.9. The Labute approximate surface area is 130 Å². The van der Waals surface area contributed by atoms with E-state index in [1.807, 2.05) is 42.5 Å².